The van der Waals surface area contributed by atoms with Crippen LogP contribution in [0.1, 0.15) is 5.56 Å². The second-order valence-corrected chi connectivity index (χ2v) is 10.0. The molecule has 0 radical (unpaired) electrons. The fraction of sp³-hybridized carbons (Fsp3) is 0.259. The van der Waals surface area contributed by atoms with Crippen molar-refractivity contribution >= 4 is 33.6 Å². The van der Waals surface area contributed by atoms with E-state index in [0.29, 0.717) is 51.8 Å². The van der Waals surface area contributed by atoms with E-state index in [2.05, 4.69) is 15.0 Å². The zero-order valence-corrected chi connectivity index (χ0v) is 20.1. The fourth-order valence-corrected chi connectivity index (χ4v) is 5.97. The van der Waals surface area contributed by atoms with Gasteiger partial charge in [-0.05, 0) is 60.7 Å². The van der Waals surface area contributed by atoms with Crippen LogP contribution in [0.3, 0.4) is 0 Å². The number of piperidine rings is 1. The van der Waals surface area contributed by atoms with Gasteiger partial charge in [0.25, 0.3) is 0 Å². The van der Waals surface area contributed by atoms with E-state index in [0.717, 1.165) is 5.82 Å². The highest BCUT2D eigenvalue weighted by Gasteiger charge is 2.60. The maximum Gasteiger partial charge on any atom is 0.307 e. The molecular formula is C27H22F2N6O2. The third kappa shape index (κ3) is 3.24. The first kappa shape index (κ1) is 21.9. The largest absolute Gasteiger partial charge is 0.481 e. The Hall–Kier alpha value is -4.34. The van der Waals surface area contributed by atoms with Gasteiger partial charge in [0.05, 0.1) is 28.8 Å². The predicted molar refractivity (Wildman–Crippen MR) is 134 cm³/mol. The molecule has 4 heterocycles. The highest BCUT2D eigenvalue weighted by molar-refractivity contribution is 6.03. The van der Waals surface area contributed by atoms with Crippen LogP contribution in [0.2, 0.25) is 0 Å². The molecule has 0 spiro atoms. The van der Waals surface area contributed by atoms with E-state index in [1.807, 2.05) is 12.1 Å². The second kappa shape index (κ2) is 7.58. The Morgan fingerprint density at radius 3 is 2.54 bits per heavy atom. The van der Waals surface area contributed by atoms with Crippen molar-refractivity contribution in [2.75, 3.05) is 18.0 Å². The Balaban J connectivity index is 1.33. The number of aryl methyl sites for hydroxylation is 2. The number of halogens is 2. The number of benzene rings is 2. The lowest BCUT2D eigenvalue weighted by atomic mass is 10.0. The molecule has 2 aromatic carbocycles. The predicted octanol–water partition coefficient (Wildman–Crippen LogP) is 4.33. The zero-order chi connectivity index (χ0) is 25.6. The molecule has 0 bridgehead atoms. The molecule has 1 N–H and O–H groups in total. The number of anilines is 1. The van der Waals surface area contributed by atoms with E-state index in [4.69, 9.17) is 5.10 Å². The number of fused-ring (bicyclic) bond motifs is 3. The van der Waals surface area contributed by atoms with Crippen molar-refractivity contribution in [3.63, 3.8) is 0 Å². The van der Waals surface area contributed by atoms with E-state index >= 15 is 4.39 Å². The van der Waals surface area contributed by atoms with Gasteiger partial charge < -0.3 is 10.0 Å². The molecule has 186 valence electrons. The van der Waals surface area contributed by atoms with Crippen molar-refractivity contribution in [1.82, 2.24) is 24.5 Å². The number of pyridine rings is 1. The van der Waals surface area contributed by atoms with Crippen LogP contribution in [0.4, 0.5) is 14.6 Å². The summed E-state index contributed by atoms with van der Waals surface area (Å²) in [5.41, 5.74) is 3.20. The van der Waals surface area contributed by atoms with E-state index in [-0.39, 0.29) is 23.3 Å². The summed E-state index contributed by atoms with van der Waals surface area (Å²) in [6.45, 7) is 3.15. The Morgan fingerprint density at radius 1 is 1.05 bits per heavy atom. The maximum atomic E-state index is 15.3. The molecule has 8 nitrogen and oxygen atoms in total. The van der Waals surface area contributed by atoms with Crippen LogP contribution in [0.5, 0.6) is 0 Å². The van der Waals surface area contributed by atoms with Crippen molar-refractivity contribution in [2.45, 2.75) is 6.92 Å². The molecule has 10 heteroatoms. The second-order valence-electron chi connectivity index (χ2n) is 10.0. The number of carboxylic acids is 1. The number of aliphatic carboxylic acids is 1. The maximum absolute atomic E-state index is 15.3. The highest BCUT2D eigenvalue weighted by Crippen LogP contribution is 2.52. The minimum absolute atomic E-state index is 0.180. The lowest BCUT2D eigenvalue weighted by molar-refractivity contribution is -0.139. The number of rotatable bonds is 4. The highest BCUT2D eigenvalue weighted by atomic mass is 19.1. The molecule has 1 unspecified atom stereocenters. The first-order valence-electron chi connectivity index (χ1n) is 12.1. The average Bonchev–Trinajstić information content (AvgIpc) is 3.18. The minimum Gasteiger partial charge on any atom is -0.481 e. The lowest BCUT2D eigenvalue weighted by Crippen LogP contribution is -2.26. The molecule has 7 rings (SSSR count). The molecule has 37 heavy (non-hydrogen) atoms. The summed E-state index contributed by atoms with van der Waals surface area (Å²) in [7, 11) is 1.76. The first-order chi connectivity index (χ1) is 17.8. The quantitative estimate of drug-likeness (QED) is 0.395. The third-order valence-electron chi connectivity index (χ3n) is 7.70. The molecule has 2 fully saturated rings. The van der Waals surface area contributed by atoms with Gasteiger partial charge in [0.2, 0.25) is 0 Å². The van der Waals surface area contributed by atoms with Gasteiger partial charge in [-0.1, -0.05) is 0 Å². The van der Waals surface area contributed by atoms with Crippen LogP contribution >= 0.6 is 0 Å². The van der Waals surface area contributed by atoms with Crippen LogP contribution in [0, 0.1) is 36.3 Å². The van der Waals surface area contributed by atoms with Crippen LogP contribution in [-0.4, -0.2) is 48.7 Å². The molecule has 3 atom stereocenters. The lowest BCUT2D eigenvalue weighted by Gasteiger charge is -2.20. The summed E-state index contributed by atoms with van der Waals surface area (Å²) in [6.07, 6.45) is 3.42. The van der Waals surface area contributed by atoms with E-state index in [1.54, 1.807) is 41.8 Å². The number of carboxylic acid groups (broad SMARTS) is 1. The molecule has 1 aliphatic heterocycles. The summed E-state index contributed by atoms with van der Waals surface area (Å²) in [5.74, 6) is -0.717. The number of hydrogen-bond acceptors (Lipinski definition) is 5. The molecule has 0 amide bonds. The van der Waals surface area contributed by atoms with E-state index in [9.17, 15) is 14.3 Å². The number of nitrogens with zero attached hydrogens (tertiary/aromatic N) is 6. The SMILES string of the molecule is Cc1cc(F)cc2c(-c3c(F)ccc4nn(C)cc34)nn(-c3ccc(N4C[C@@H]5C(C(=O)O)[C@@H]5C4)nc3)c12. The molecule has 1 saturated heterocycles. The molecular weight excluding hydrogens is 478 g/mol. The topological polar surface area (TPSA) is 89.1 Å². The van der Waals surface area contributed by atoms with Crippen molar-refractivity contribution in [2.24, 2.45) is 24.8 Å². The standard InChI is InChI=1S/C27H22F2N6O2/c1-13-7-14(28)8-16-25(24-19-10-33(2)31-21(19)5-4-20(24)29)32-35(26(13)16)15-3-6-22(30-9-15)34-11-17-18(12-34)23(17)27(36)37/h3-10,17-18,23H,11-12H2,1-2H3,(H,36,37)/t17-,18+,23?. The third-order valence-corrected chi connectivity index (χ3v) is 7.70. The van der Waals surface area contributed by atoms with Crippen molar-refractivity contribution in [3.8, 4) is 16.9 Å². The van der Waals surface area contributed by atoms with Gasteiger partial charge >= 0.3 is 5.97 Å². The van der Waals surface area contributed by atoms with Crippen molar-refractivity contribution in [3.05, 3.63) is 66.0 Å². The summed E-state index contributed by atoms with van der Waals surface area (Å²) in [6, 6.07) is 9.54. The van der Waals surface area contributed by atoms with E-state index in [1.165, 1.54) is 18.2 Å². The minimum atomic E-state index is -0.718. The summed E-state index contributed by atoms with van der Waals surface area (Å²) in [4.78, 5) is 18.0. The normalized spacial score (nSPS) is 20.6. The van der Waals surface area contributed by atoms with E-state index < -0.39 is 17.6 Å². The van der Waals surface area contributed by atoms with Gasteiger partial charge in [0.1, 0.15) is 23.1 Å². The van der Waals surface area contributed by atoms with Gasteiger partial charge in [-0.3, -0.25) is 9.48 Å². The van der Waals surface area contributed by atoms with Gasteiger partial charge in [-0.25, -0.2) is 18.4 Å². The summed E-state index contributed by atoms with van der Waals surface area (Å²) < 4.78 is 33.1. The number of carbonyl (C=O) groups is 1. The van der Waals surface area contributed by atoms with Gasteiger partial charge in [0, 0.05) is 42.7 Å². The Labute approximate surface area is 209 Å². The Kier molecular flexibility index (Phi) is 4.49. The van der Waals surface area contributed by atoms with Crippen LogP contribution in [0.25, 0.3) is 38.8 Å². The monoisotopic (exact) mass is 500 g/mol. The van der Waals surface area contributed by atoms with Crippen molar-refractivity contribution < 1.29 is 18.7 Å². The van der Waals surface area contributed by atoms with Crippen LogP contribution in [0.15, 0.2) is 48.8 Å². The zero-order valence-electron chi connectivity index (χ0n) is 20.1. The summed E-state index contributed by atoms with van der Waals surface area (Å²) in [5, 5.41) is 19.5. The first-order valence-corrected chi connectivity index (χ1v) is 12.1. The average molecular weight is 501 g/mol. The molecule has 1 saturated carbocycles. The Morgan fingerprint density at radius 2 is 1.84 bits per heavy atom. The Bertz CT molecular complexity index is 1730. The molecule has 1 aliphatic carbocycles. The van der Waals surface area contributed by atoms with Gasteiger partial charge in [-0.2, -0.15) is 10.2 Å². The van der Waals surface area contributed by atoms with Crippen LogP contribution < -0.4 is 4.90 Å². The van der Waals surface area contributed by atoms with Gasteiger partial charge in [-0.15, -0.1) is 0 Å². The molecule has 3 aromatic heterocycles. The molecule has 2 aliphatic rings. The van der Waals surface area contributed by atoms with Gasteiger partial charge in [0.15, 0.2) is 0 Å². The molecule has 5 aromatic rings. The van der Waals surface area contributed by atoms with Crippen LogP contribution in [-0.2, 0) is 11.8 Å². The van der Waals surface area contributed by atoms with Crippen molar-refractivity contribution in [1.29, 1.82) is 0 Å². The fourth-order valence-electron chi connectivity index (χ4n) is 5.97. The number of hydrogen-bond donors (Lipinski definition) is 1. The smallest absolute Gasteiger partial charge is 0.307 e. The number of aromatic nitrogens is 5. The summed E-state index contributed by atoms with van der Waals surface area (Å²) >= 11 is 0.